The lowest BCUT2D eigenvalue weighted by molar-refractivity contribution is -0.384. The molecule has 6 heteroatoms. The van der Waals surface area contributed by atoms with Gasteiger partial charge in [-0.1, -0.05) is 13.8 Å². The van der Waals surface area contributed by atoms with Crippen LogP contribution in [0.1, 0.15) is 20.3 Å². The van der Waals surface area contributed by atoms with E-state index in [9.17, 15) is 14.9 Å². The van der Waals surface area contributed by atoms with Gasteiger partial charge in [-0.2, -0.15) is 0 Å². The van der Waals surface area contributed by atoms with E-state index in [0.717, 1.165) is 0 Å². The Hall–Kier alpha value is -1.95. The van der Waals surface area contributed by atoms with Gasteiger partial charge in [0.25, 0.3) is 5.69 Å². The molecule has 0 bridgehead atoms. The summed E-state index contributed by atoms with van der Waals surface area (Å²) in [5, 5.41) is 13.1. The summed E-state index contributed by atoms with van der Waals surface area (Å²) in [5.74, 6) is 0.0557. The number of anilines is 1. The van der Waals surface area contributed by atoms with E-state index in [2.05, 4.69) is 5.32 Å². The van der Waals surface area contributed by atoms with Crippen LogP contribution in [-0.4, -0.2) is 16.9 Å². The first kappa shape index (κ1) is 14.1. The molecule has 3 N–H and O–H groups in total. The van der Waals surface area contributed by atoms with Gasteiger partial charge in [0.2, 0.25) is 5.91 Å². The van der Waals surface area contributed by atoms with E-state index in [1.807, 2.05) is 13.8 Å². The molecule has 0 spiro atoms. The van der Waals surface area contributed by atoms with Gasteiger partial charge in [0.15, 0.2) is 0 Å². The first-order valence-electron chi connectivity index (χ1n) is 5.71. The zero-order valence-electron chi connectivity index (χ0n) is 10.4. The molecule has 1 atom stereocenters. The largest absolute Gasteiger partial charge is 0.325 e. The van der Waals surface area contributed by atoms with E-state index >= 15 is 0 Å². The van der Waals surface area contributed by atoms with Gasteiger partial charge < -0.3 is 11.1 Å². The predicted octanol–water partition coefficient (Wildman–Crippen LogP) is 1.91. The summed E-state index contributed by atoms with van der Waals surface area (Å²) in [5.41, 5.74) is 6.21. The predicted molar refractivity (Wildman–Crippen MR) is 69.2 cm³/mol. The number of rotatable bonds is 5. The SMILES string of the molecule is CC(C)C[C@H](N)C(=O)Nc1ccc([N+](=O)[O-])cc1. The monoisotopic (exact) mass is 251 g/mol. The van der Waals surface area contributed by atoms with Gasteiger partial charge in [-0.25, -0.2) is 0 Å². The molecule has 0 saturated carbocycles. The van der Waals surface area contributed by atoms with Crippen LogP contribution in [0.4, 0.5) is 11.4 Å². The van der Waals surface area contributed by atoms with Crippen molar-refractivity contribution in [3.8, 4) is 0 Å². The summed E-state index contributed by atoms with van der Waals surface area (Å²) in [6.07, 6.45) is 0.596. The van der Waals surface area contributed by atoms with Crippen LogP contribution in [0.25, 0.3) is 0 Å². The zero-order valence-corrected chi connectivity index (χ0v) is 10.4. The number of amides is 1. The number of nitrogens with zero attached hydrogens (tertiary/aromatic N) is 1. The molecule has 0 aliphatic rings. The summed E-state index contributed by atoms with van der Waals surface area (Å²) in [6.45, 7) is 3.97. The first-order chi connectivity index (χ1) is 8.40. The molecule has 1 aromatic rings. The lowest BCUT2D eigenvalue weighted by Crippen LogP contribution is -2.36. The van der Waals surface area contributed by atoms with E-state index in [4.69, 9.17) is 5.73 Å². The smallest absolute Gasteiger partial charge is 0.269 e. The topological polar surface area (TPSA) is 98.3 Å². The Labute approximate surface area is 105 Å². The quantitative estimate of drug-likeness (QED) is 0.616. The molecule has 18 heavy (non-hydrogen) atoms. The minimum Gasteiger partial charge on any atom is -0.325 e. The third kappa shape index (κ3) is 4.14. The van der Waals surface area contributed by atoms with E-state index in [1.165, 1.54) is 24.3 Å². The number of carbonyl (C=O) groups excluding carboxylic acids is 1. The number of carbonyl (C=O) groups is 1. The molecule has 1 rings (SSSR count). The van der Waals surface area contributed by atoms with E-state index in [0.29, 0.717) is 18.0 Å². The van der Waals surface area contributed by atoms with Crippen molar-refractivity contribution in [2.75, 3.05) is 5.32 Å². The molecule has 1 amide bonds. The van der Waals surface area contributed by atoms with Crippen LogP contribution >= 0.6 is 0 Å². The molecule has 0 unspecified atom stereocenters. The van der Waals surface area contributed by atoms with Gasteiger partial charge in [-0.05, 0) is 24.5 Å². The second-order valence-electron chi connectivity index (χ2n) is 4.53. The number of non-ortho nitro benzene ring substituents is 1. The molecule has 0 aliphatic carbocycles. The number of hydrogen-bond acceptors (Lipinski definition) is 4. The van der Waals surface area contributed by atoms with Crippen molar-refractivity contribution in [1.82, 2.24) is 0 Å². The number of nitro groups is 1. The minimum atomic E-state index is -0.569. The van der Waals surface area contributed by atoms with E-state index in [1.54, 1.807) is 0 Å². The first-order valence-corrected chi connectivity index (χ1v) is 5.71. The molecule has 98 valence electrons. The summed E-state index contributed by atoms with van der Waals surface area (Å²) >= 11 is 0. The number of nitrogens with one attached hydrogen (secondary N) is 1. The zero-order chi connectivity index (χ0) is 13.7. The Kier molecular flexibility index (Phi) is 4.79. The molecule has 1 aromatic carbocycles. The number of nitrogens with two attached hydrogens (primary N) is 1. The van der Waals surface area contributed by atoms with Crippen molar-refractivity contribution in [2.45, 2.75) is 26.3 Å². The van der Waals surface area contributed by atoms with Gasteiger partial charge in [0.1, 0.15) is 0 Å². The fraction of sp³-hybridized carbons (Fsp3) is 0.417. The highest BCUT2D eigenvalue weighted by atomic mass is 16.6. The number of nitro benzene ring substituents is 1. The van der Waals surface area contributed by atoms with Crippen LogP contribution in [0, 0.1) is 16.0 Å². The van der Waals surface area contributed by atoms with Crippen LogP contribution in [0.15, 0.2) is 24.3 Å². The Morgan fingerprint density at radius 1 is 1.39 bits per heavy atom. The molecule has 0 aromatic heterocycles. The average molecular weight is 251 g/mol. The second kappa shape index (κ2) is 6.11. The fourth-order valence-electron chi connectivity index (χ4n) is 1.52. The summed E-state index contributed by atoms with van der Waals surface area (Å²) in [7, 11) is 0. The van der Waals surface area contributed by atoms with Gasteiger partial charge >= 0.3 is 0 Å². The number of benzene rings is 1. The molecular formula is C12H17N3O3. The third-order valence-corrected chi connectivity index (χ3v) is 2.41. The second-order valence-corrected chi connectivity index (χ2v) is 4.53. The van der Waals surface area contributed by atoms with Crippen LogP contribution in [0.5, 0.6) is 0 Å². The summed E-state index contributed by atoms with van der Waals surface area (Å²) in [4.78, 5) is 21.7. The van der Waals surface area contributed by atoms with Crippen molar-refractivity contribution in [1.29, 1.82) is 0 Å². The van der Waals surface area contributed by atoms with Gasteiger partial charge in [-0.3, -0.25) is 14.9 Å². The van der Waals surface area contributed by atoms with Crippen molar-refractivity contribution >= 4 is 17.3 Å². The normalized spacial score (nSPS) is 12.2. The minimum absolute atomic E-state index is 0.0144. The number of hydrogen-bond donors (Lipinski definition) is 2. The standard InChI is InChI=1S/C12H17N3O3/c1-8(2)7-11(13)12(16)14-9-3-5-10(6-4-9)15(17)18/h3-6,8,11H,7,13H2,1-2H3,(H,14,16)/t11-/m0/s1. The fourth-order valence-corrected chi connectivity index (χ4v) is 1.52. The molecule has 0 aliphatic heterocycles. The van der Waals surface area contributed by atoms with Crippen LogP contribution < -0.4 is 11.1 Å². The van der Waals surface area contributed by atoms with Crippen LogP contribution in [0.2, 0.25) is 0 Å². The van der Waals surface area contributed by atoms with Crippen LogP contribution in [-0.2, 0) is 4.79 Å². The lowest BCUT2D eigenvalue weighted by atomic mass is 10.0. The third-order valence-electron chi connectivity index (χ3n) is 2.41. The van der Waals surface area contributed by atoms with Crippen molar-refractivity contribution < 1.29 is 9.72 Å². The lowest BCUT2D eigenvalue weighted by Gasteiger charge is -2.13. The Morgan fingerprint density at radius 3 is 2.39 bits per heavy atom. The highest BCUT2D eigenvalue weighted by Crippen LogP contribution is 2.15. The van der Waals surface area contributed by atoms with Crippen molar-refractivity contribution in [2.24, 2.45) is 11.7 Å². The maximum atomic E-state index is 11.7. The molecular weight excluding hydrogens is 234 g/mol. The molecule has 0 radical (unpaired) electrons. The van der Waals surface area contributed by atoms with Crippen molar-refractivity contribution in [3.05, 3.63) is 34.4 Å². The molecule has 0 saturated heterocycles. The Morgan fingerprint density at radius 2 is 1.94 bits per heavy atom. The molecule has 6 nitrogen and oxygen atoms in total. The highest BCUT2D eigenvalue weighted by molar-refractivity contribution is 5.94. The van der Waals surface area contributed by atoms with Gasteiger partial charge in [0, 0.05) is 17.8 Å². The van der Waals surface area contributed by atoms with E-state index in [-0.39, 0.29) is 11.6 Å². The Balaban J connectivity index is 2.62. The van der Waals surface area contributed by atoms with Gasteiger partial charge in [0.05, 0.1) is 11.0 Å². The Bertz CT molecular complexity index is 429. The molecule has 0 heterocycles. The average Bonchev–Trinajstić information content (AvgIpc) is 2.28. The van der Waals surface area contributed by atoms with E-state index < -0.39 is 11.0 Å². The molecule has 0 fully saturated rings. The maximum Gasteiger partial charge on any atom is 0.269 e. The summed E-state index contributed by atoms with van der Waals surface area (Å²) < 4.78 is 0. The van der Waals surface area contributed by atoms with Crippen LogP contribution in [0.3, 0.4) is 0 Å². The maximum absolute atomic E-state index is 11.7. The van der Waals surface area contributed by atoms with Crippen molar-refractivity contribution in [3.63, 3.8) is 0 Å². The summed E-state index contributed by atoms with van der Waals surface area (Å²) in [6, 6.07) is 5.07. The highest BCUT2D eigenvalue weighted by Gasteiger charge is 2.15. The van der Waals surface area contributed by atoms with Gasteiger partial charge in [-0.15, -0.1) is 0 Å².